The maximum absolute atomic E-state index is 12.2. The van der Waals surface area contributed by atoms with E-state index in [4.69, 9.17) is 4.74 Å². The number of nitrogens with one attached hydrogen (secondary N) is 1. The van der Waals surface area contributed by atoms with Crippen LogP contribution in [-0.2, 0) is 16.0 Å². The van der Waals surface area contributed by atoms with Gasteiger partial charge in [0.1, 0.15) is 6.10 Å². The SMILES string of the molecule is CN1CCOC(C(=O)Nc2nc(Cc3ccccc3)cs2)C1. The van der Waals surface area contributed by atoms with Gasteiger partial charge >= 0.3 is 0 Å². The van der Waals surface area contributed by atoms with Crippen LogP contribution in [-0.4, -0.2) is 48.6 Å². The van der Waals surface area contributed by atoms with Gasteiger partial charge in [-0.1, -0.05) is 30.3 Å². The summed E-state index contributed by atoms with van der Waals surface area (Å²) in [6, 6.07) is 10.2. The van der Waals surface area contributed by atoms with Crippen LogP contribution >= 0.6 is 11.3 Å². The molecule has 1 aliphatic rings. The molecule has 3 rings (SSSR count). The van der Waals surface area contributed by atoms with E-state index in [1.165, 1.54) is 16.9 Å². The molecule has 1 N–H and O–H groups in total. The van der Waals surface area contributed by atoms with Crippen LogP contribution in [0.4, 0.5) is 5.13 Å². The van der Waals surface area contributed by atoms with Gasteiger partial charge in [-0.2, -0.15) is 0 Å². The van der Waals surface area contributed by atoms with Crippen molar-refractivity contribution in [3.8, 4) is 0 Å². The molecule has 2 heterocycles. The average molecular weight is 317 g/mol. The van der Waals surface area contributed by atoms with Gasteiger partial charge in [0.15, 0.2) is 5.13 Å². The first kappa shape index (κ1) is 15.1. The molecule has 1 unspecified atom stereocenters. The first-order valence-corrected chi connectivity index (χ1v) is 8.18. The summed E-state index contributed by atoms with van der Waals surface area (Å²) in [5, 5.41) is 5.47. The van der Waals surface area contributed by atoms with Gasteiger partial charge < -0.3 is 9.64 Å². The van der Waals surface area contributed by atoms with E-state index in [2.05, 4.69) is 27.3 Å². The first-order chi connectivity index (χ1) is 10.7. The van der Waals surface area contributed by atoms with E-state index in [1.54, 1.807) is 0 Å². The largest absolute Gasteiger partial charge is 0.366 e. The topological polar surface area (TPSA) is 54.5 Å². The molecule has 1 saturated heterocycles. The van der Waals surface area contributed by atoms with Gasteiger partial charge in [0, 0.05) is 24.9 Å². The molecular formula is C16H19N3O2S. The zero-order valence-corrected chi connectivity index (χ0v) is 13.3. The fourth-order valence-electron chi connectivity index (χ4n) is 2.37. The smallest absolute Gasteiger partial charge is 0.256 e. The highest BCUT2D eigenvalue weighted by Gasteiger charge is 2.25. The maximum Gasteiger partial charge on any atom is 0.256 e. The molecule has 0 aliphatic carbocycles. The zero-order valence-electron chi connectivity index (χ0n) is 12.5. The van der Waals surface area contributed by atoms with Crippen molar-refractivity contribution in [3.63, 3.8) is 0 Å². The van der Waals surface area contributed by atoms with E-state index in [9.17, 15) is 4.79 Å². The van der Waals surface area contributed by atoms with Gasteiger partial charge in [-0.25, -0.2) is 4.98 Å². The van der Waals surface area contributed by atoms with Crippen LogP contribution in [0, 0.1) is 0 Å². The molecule has 5 nitrogen and oxygen atoms in total. The van der Waals surface area contributed by atoms with E-state index in [0.717, 1.165) is 18.7 Å². The van der Waals surface area contributed by atoms with Crippen LogP contribution < -0.4 is 5.32 Å². The lowest BCUT2D eigenvalue weighted by atomic mass is 10.1. The molecule has 1 fully saturated rings. The number of aromatic nitrogens is 1. The quantitative estimate of drug-likeness (QED) is 0.937. The second kappa shape index (κ2) is 7.00. The van der Waals surface area contributed by atoms with E-state index in [1.807, 2.05) is 30.6 Å². The maximum atomic E-state index is 12.2. The molecule has 1 aromatic carbocycles. The number of likely N-dealkylation sites (N-methyl/N-ethyl adjacent to an activating group) is 1. The Kier molecular flexibility index (Phi) is 4.82. The summed E-state index contributed by atoms with van der Waals surface area (Å²) in [6.07, 6.45) is 0.357. The Bertz CT molecular complexity index is 629. The molecule has 1 amide bonds. The standard InChI is InChI=1S/C16H19N3O2S/c1-19-7-8-21-14(10-19)15(20)18-16-17-13(11-22-16)9-12-5-3-2-4-6-12/h2-6,11,14H,7-10H2,1H3,(H,17,18,20). The van der Waals surface area contributed by atoms with Crippen LogP contribution in [0.25, 0.3) is 0 Å². The summed E-state index contributed by atoms with van der Waals surface area (Å²) in [7, 11) is 1.99. The van der Waals surface area contributed by atoms with Gasteiger partial charge in [0.05, 0.1) is 12.3 Å². The number of hydrogen-bond donors (Lipinski definition) is 1. The van der Waals surface area contributed by atoms with E-state index >= 15 is 0 Å². The highest BCUT2D eigenvalue weighted by atomic mass is 32.1. The molecule has 0 spiro atoms. The normalized spacial score (nSPS) is 19.0. The Morgan fingerprint density at radius 3 is 3.05 bits per heavy atom. The number of ether oxygens (including phenoxy) is 1. The fraction of sp³-hybridized carbons (Fsp3) is 0.375. The van der Waals surface area contributed by atoms with Gasteiger partial charge in [-0.05, 0) is 12.6 Å². The number of hydrogen-bond acceptors (Lipinski definition) is 5. The Balaban J connectivity index is 1.58. The lowest BCUT2D eigenvalue weighted by Gasteiger charge is -2.28. The van der Waals surface area contributed by atoms with E-state index in [0.29, 0.717) is 18.3 Å². The van der Waals surface area contributed by atoms with Crippen molar-refractivity contribution in [1.82, 2.24) is 9.88 Å². The van der Waals surface area contributed by atoms with Crippen LogP contribution in [0.15, 0.2) is 35.7 Å². The number of benzene rings is 1. The predicted octanol–water partition coefficient (Wildman–Crippen LogP) is 2.00. The molecule has 1 aromatic heterocycles. The van der Waals surface area contributed by atoms with Gasteiger partial charge in [0.25, 0.3) is 5.91 Å². The minimum Gasteiger partial charge on any atom is -0.366 e. The number of anilines is 1. The summed E-state index contributed by atoms with van der Waals surface area (Å²) >= 11 is 1.45. The highest BCUT2D eigenvalue weighted by molar-refractivity contribution is 7.13. The molecular weight excluding hydrogens is 298 g/mol. The summed E-state index contributed by atoms with van der Waals surface area (Å²) in [5.74, 6) is -0.118. The fourth-order valence-corrected chi connectivity index (χ4v) is 3.09. The third-order valence-electron chi connectivity index (χ3n) is 3.57. The van der Waals surface area contributed by atoms with Crippen molar-refractivity contribution in [2.75, 3.05) is 32.1 Å². The van der Waals surface area contributed by atoms with E-state index < -0.39 is 6.10 Å². The number of carbonyl (C=O) groups excluding carboxylic acids is 1. The number of morpholine rings is 1. The van der Waals surface area contributed by atoms with Crippen molar-refractivity contribution in [2.45, 2.75) is 12.5 Å². The summed E-state index contributed by atoms with van der Waals surface area (Å²) in [4.78, 5) is 18.8. The molecule has 6 heteroatoms. The number of carbonyl (C=O) groups is 1. The summed E-state index contributed by atoms with van der Waals surface area (Å²) in [5.41, 5.74) is 2.18. The third-order valence-corrected chi connectivity index (χ3v) is 4.38. The van der Waals surface area contributed by atoms with Crippen molar-refractivity contribution in [3.05, 3.63) is 47.0 Å². The summed E-state index contributed by atoms with van der Waals surface area (Å²) in [6.45, 7) is 2.07. The van der Waals surface area contributed by atoms with E-state index in [-0.39, 0.29) is 5.91 Å². The molecule has 1 atom stereocenters. The van der Waals surface area contributed by atoms with Crippen molar-refractivity contribution in [2.24, 2.45) is 0 Å². The van der Waals surface area contributed by atoms with Gasteiger partial charge in [-0.15, -0.1) is 11.3 Å². The molecule has 0 saturated carbocycles. The Morgan fingerprint density at radius 2 is 2.27 bits per heavy atom. The molecule has 116 valence electrons. The first-order valence-electron chi connectivity index (χ1n) is 7.30. The molecule has 0 radical (unpaired) electrons. The van der Waals surface area contributed by atoms with Crippen molar-refractivity contribution < 1.29 is 9.53 Å². The lowest BCUT2D eigenvalue weighted by Crippen LogP contribution is -2.46. The lowest BCUT2D eigenvalue weighted by molar-refractivity contribution is -0.132. The average Bonchev–Trinajstić information content (AvgIpc) is 2.95. The number of thiazole rings is 1. The molecule has 1 aliphatic heterocycles. The number of rotatable bonds is 4. The Labute approximate surface area is 133 Å². The Hall–Kier alpha value is -1.76. The minimum atomic E-state index is -0.416. The van der Waals surface area contributed by atoms with Crippen LogP contribution in [0.1, 0.15) is 11.3 Å². The summed E-state index contributed by atoms with van der Waals surface area (Å²) < 4.78 is 5.51. The number of amides is 1. The van der Waals surface area contributed by atoms with Gasteiger partial charge in [-0.3, -0.25) is 10.1 Å². The van der Waals surface area contributed by atoms with Crippen LogP contribution in [0.3, 0.4) is 0 Å². The molecule has 0 bridgehead atoms. The van der Waals surface area contributed by atoms with Crippen LogP contribution in [0.2, 0.25) is 0 Å². The molecule has 2 aromatic rings. The second-order valence-electron chi connectivity index (χ2n) is 5.42. The second-order valence-corrected chi connectivity index (χ2v) is 6.28. The van der Waals surface area contributed by atoms with Gasteiger partial charge in [0.2, 0.25) is 0 Å². The third kappa shape index (κ3) is 3.91. The predicted molar refractivity (Wildman–Crippen MR) is 87.2 cm³/mol. The minimum absolute atomic E-state index is 0.118. The Morgan fingerprint density at radius 1 is 1.45 bits per heavy atom. The van der Waals surface area contributed by atoms with Crippen molar-refractivity contribution >= 4 is 22.4 Å². The zero-order chi connectivity index (χ0) is 15.4. The van der Waals surface area contributed by atoms with Crippen LogP contribution in [0.5, 0.6) is 0 Å². The number of nitrogens with zero attached hydrogens (tertiary/aromatic N) is 2. The van der Waals surface area contributed by atoms with Crippen molar-refractivity contribution in [1.29, 1.82) is 0 Å². The monoisotopic (exact) mass is 317 g/mol. The molecule has 22 heavy (non-hydrogen) atoms. The highest BCUT2D eigenvalue weighted by Crippen LogP contribution is 2.19.